The Morgan fingerprint density at radius 2 is 1.62 bits per heavy atom. The lowest BCUT2D eigenvalue weighted by Gasteiger charge is -2.59. The highest BCUT2D eigenvalue weighted by Gasteiger charge is 2.68. The summed E-state index contributed by atoms with van der Waals surface area (Å²) in [6, 6.07) is 0. The molecular formula is C15H19F5O5S. The van der Waals surface area contributed by atoms with E-state index in [1.54, 1.807) is 6.92 Å². The molecule has 26 heavy (non-hydrogen) atoms. The molecular weight excluding hydrogens is 387 g/mol. The highest BCUT2D eigenvalue weighted by atomic mass is 32.2. The minimum atomic E-state index is -6.43. The van der Waals surface area contributed by atoms with Gasteiger partial charge in [0, 0.05) is 0 Å². The van der Waals surface area contributed by atoms with Crippen molar-refractivity contribution in [3.05, 3.63) is 0 Å². The van der Waals surface area contributed by atoms with E-state index in [2.05, 4.69) is 4.74 Å². The Balaban J connectivity index is 1.92. The zero-order valence-corrected chi connectivity index (χ0v) is 14.6. The van der Waals surface area contributed by atoms with Gasteiger partial charge in [-0.1, -0.05) is 6.92 Å². The van der Waals surface area contributed by atoms with Gasteiger partial charge in [-0.3, -0.25) is 9.35 Å². The summed E-state index contributed by atoms with van der Waals surface area (Å²) in [5.74, 6) is -1.42. The van der Waals surface area contributed by atoms with Gasteiger partial charge in [-0.05, 0) is 55.8 Å². The highest BCUT2D eigenvalue weighted by Crippen LogP contribution is 2.63. The van der Waals surface area contributed by atoms with E-state index >= 15 is 0 Å². The molecule has 5 nitrogen and oxygen atoms in total. The van der Waals surface area contributed by atoms with Crippen molar-refractivity contribution in [2.75, 3.05) is 0 Å². The number of carbonyl (C=O) groups excluding carboxylic acids is 1. The number of esters is 1. The normalized spacial score (nSPS) is 38.3. The van der Waals surface area contributed by atoms with Crippen molar-refractivity contribution >= 4 is 16.1 Å². The Hall–Kier alpha value is -0.970. The SMILES string of the molecule is CC1C2CC3CC(C2)CC1(C(=O)OC(C(F)(F)F)C(F)(F)S(=O)(=O)O)C3. The van der Waals surface area contributed by atoms with Crippen LogP contribution in [0.15, 0.2) is 0 Å². The molecule has 0 heterocycles. The molecule has 0 saturated heterocycles. The second-order valence-corrected chi connectivity index (χ2v) is 9.41. The first-order valence-corrected chi connectivity index (χ1v) is 9.75. The maximum Gasteiger partial charge on any atom is 0.432 e. The Kier molecular flexibility index (Phi) is 4.38. The average molecular weight is 406 g/mol. The molecule has 4 saturated carbocycles. The van der Waals surface area contributed by atoms with Gasteiger partial charge >= 0.3 is 27.5 Å². The van der Waals surface area contributed by atoms with Crippen molar-refractivity contribution in [1.82, 2.24) is 0 Å². The molecule has 4 aliphatic rings. The molecule has 0 aliphatic heterocycles. The lowest BCUT2D eigenvalue weighted by Crippen LogP contribution is -2.59. The van der Waals surface area contributed by atoms with Gasteiger partial charge < -0.3 is 4.74 Å². The van der Waals surface area contributed by atoms with E-state index in [9.17, 15) is 35.2 Å². The smallest absolute Gasteiger partial charge is 0.432 e. The monoisotopic (exact) mass is 406 g/mol. The molecule has 0 amide bonds. The van der Waals surface area contributed by atoms with Crippen LogP contribution in [0, 0.1) is 29.1 Å². The third-order valence-corrected chi connectivity index (χ3v) is 7.30. The first-order valence-electron chi connectivity index (χ1n) is 8.31. The largest absolute Gasteiger partial charge is 0.444 e. The number of carbonyl (C=O) groups is 1. The lowest BCUT2D eigenvalue weighted by atomic mass is 9.45. The fourth-order valence-corrected chi connectivity index (χ4v) is 5.78. The van der Waals surface area contributed by atoms with Crippen LogP contribution in [0.5, 0.6) is 0 Å². The van der Waals surface area contributed by atoms with E-state index in [1.807, 2.05) is 0 Å². The summed E-state index contributed by atoms with van der Waals surface area (Å²) in [7, 11) is -6.43. The first kappa shape index (κ1) is 19.8. The van der Waals surface area contributed by atoms with Crippen LogP contribution < -0.4 is 0 Å². The maximum absolute atomic E-state index is 13.7. The predicted molar refractivity (Wildman–Crippen MR) is 77.6 cm³/mol. The van der Waals surface area contributed by atoms with E-state index in [-0.39, 0.29) is 36.5 Å². The Morgan fingerprint density at radius 1 is 1.12 bits per heavy atom. The molecule has 0 spiro atoms. The standard InChI is InChI=1S/C15H19F5O5S/c1-7-10-3-8-2-9(4-10)6-13(7,5-8)12(21)25-11(14(16,17)18)15(19,20)26(22,23)24/h7-11H,2-6H2,1H3,(H,22,23,24). The number of hydrogen-bond donors (Lipinski definition) is 1. The minimum Gasteiger partial charge on any atom is -0.444 e. The second kappa shape index (κ2) is 5.76. The van der Waals surface area contributed by atoms with Crippen LogP contribution in [0.4, 0.5) is 22.0 Å². The van der Waals surface area contributed by atoms with Crippen LogP contribution >= 0.6 is 0 Å². The van der Waals surface area contributed by atoms with E-state index in [0.29, 0.717) is 0 Å². The third-order valence-electron chi connectivity index (χ3n) is 6.40. The van der Waals surface area contributed by atoms with E-state index < -0.39 is 39.0 Å². The number of halogens is 5. The highest BCUT2D eigenvalue weighted by molar-refractivity contribution is 7.86. The molecule has 0 aromatic rings. The predicted octanol–water partition coefficient (Wildman–Crippen LogP) is 3.40. The van der Waals surface area contributed by atoms with Crippen molar-refractivity contribution in [2.24, 2.45) is 29.1 Å². The fraction of sp³-hybridized carbons (Fsp3) is 0.933. The van der Waals surface area contributed by atoms with Gasteiger partial charge in [0.15, 0.2) is 0 Å². The zero-order chi connectivity index (χ0) is 19.7. The summed E-state index contributed by atoms with van der Waals surface area (Å²) in [6.45, 7) is 1.70. The van der Waals surface area contributed by atoms with Gasteiger partial charge in [0.25, 0.3) is 6.10 Å². The Bertz CT molecular complexity index is 690. The van der Waals surface area contributed by atoms with Crippen molar-refractivity contribution in [2.45, 2.75) is 56.6 Å². The zero-order valence-electron chi connectivity index (χ0n) is 13.8. The van der Waals surface area contributed by atoms with Gasteiger partial charge in [0.05, 0.1) is 5.41 Å². The number of ether oxygens (including phenoxy) is 1. The summed E-state index contributed by atoms with van der Waals surface area (Å²) in [6.07, 6.45) is -7.07. The molecule has 0 aromatic carbocycles. The van der Waals surface area contributed by atoms with Crippen LogP contribution in [-0.2, 0) is 19.6 Å². The molecule has 4 unspecified atom stereocenters. The molecule has 4 aliphatic carbocycles. The molecule has 11 heteroatoms. The quantitative estimate of drug-likeness (QED) is 0.440. The minimum absolute atomic E-state index is 0.111. The average Bonchev–Trinajstić information content (AvgIpc) is 2.46. The van der Waals surface area contributed by atoms with Gasteiger partial charge in [0.2, 0.25) is 0 Å². The van der Waals surface area contributed by atoms with Gasteiger partial charge in [0.1, 0.15) is 0 Å². The van der Waals surface area contributed by atoms with Crippen LogP contribution in [0.2, 0.25) is 0 Å². The van der Waals surface area contributed by atoms with Gasteiger partial charge in [-0.25, -0.2) is 0 Å². The molecule has 0 radical (unpaired) electrons. The van der Waals surface area contributed by atoms with Gasteiger partial charge in [-0.15, -0.1) is 0 Å². The van der Waals surface area contributed by atoms with Crippen molar-refractivity contribution in [3.8, 4) is 0 Å². The molecule has 150 valence electrons. The summed E-state index contributed by atoms with van der Waals surface area (Å²) in [4.78, 5) is 12.6. The first-order chi connectivity index (χ1) is 11.7. The summed E-state index contributed by atoms with van der Waals surface area (Å²) >= 11 is 0. The molecule has 4 fully saturated rings. The topological polar surface area (TPSA) is 80.7 Å². The molecule has 1 N–H and O–H groups in total. The van der Waals surface area contributed by atoms with Crippen molar-refractivity contribution < 1.29 is 44.5 Å². The van der Waals surface area contributed by atoms with Gasteiger partial charge in [-0.2, -0.15) is 30.4 Å². The number of hydrogen-bond acceptors (Lipinski definition) is 4. The Labute approximate surface area is 147 Å². The second-order valence-electron chi connectivity index (χ2n) is 7.92. The van der Waals surface area contributed by atoms with Crippen LogP contribution in [0.25, 0.3) is 0 Å². The number of rotatable bonds is 4. The fourth-order valence-electron chi connectivity index (χ4n) is 5.33. The van der Waals surface area contributed by atoms with E-state index in [1.165, 1.54) is 0 Å². The molecule has 4 rings (SSSR count). The third kappa shape index (κ3) is 2.90. The van der Waals surface area contributed by atoms with E-state index in [4.69, 9.17) is 4.55 Å². The Morgan fingerprint density at radius 3 is 2.04 bits per heavy atom. The van der Waals surface area contributed by atoms with Crippen LogP contribution in [0.1, 0.15) is 39.0 Å². The molecule has 0 aromatic heterocycles. The lowest BCUT2D eigenvalue weighted by molar-refractivity contribution is -0.268. The summed E-state index contributed by atoms with van der Waals surface area (Å²) in [5.41, 5.74) is -1.31. The molecule has 4 bridgehead atoms. The van der Waals surface area contributed by atoms with Crippen LogP contribution in [0.3, 0.4) is 0 Å². The van der Waals surface area contributed by atoms with Crippen molar-refractivity contribution in [3.63, 3.8) is 0 Å². The molecule has 4 atom stereocenters. The summed E-state index contributed by atoms with van der Waals surface area (Å²) in [5, 5.41) is -5.69. The van der Waals surface area contributed by atoms with E-state index in [0.717, 1.165) is 19.3 Å². The van der Waals surface area contributed by atoms with Crippen molar-refractivity contribution in [1.29, 1.82) is 0 Å². The maximum atomic E-state index is 13.7. The van der Waals surface area contributed by atoms with Crippen LogP contribution in [-0.4, -0.2) is 36.5 Å². The summed E-state index contributed by atoms with van der Waals surface area (Å²) < 4.78 is 101. The number of alkyl halides is 5.